The molecule has 0 bridgehead atoms. The minimum Gasteiger partial charge on any atom is -0.476 e. The first kappa shape index (κ1) is 34.7. The van der Waals surface area contributed by atoms with Crippen molar-refractivity contribution < 1.29 is 43.2 Å². The first-order valence-corrected chi connectivity index (χ1v) is 16.0. The molecule has 3 atom stereocenters. The molecule has 1 aliphatic heterocycles. The lowest BCUT2D eigenvalue weighted by Crippen LogP contribution is -2.55. The topological polar surface area (TPSA) is 214 Å². The van der Waals surface area contributed by atoms with E-state index in [2.05, 4.69) is 35.5 Å². The van der Waals surface area contributed by atoms with Gasteiger partial charge < -0.3 is 39.6 Å². The molecule has 1 aliphatic carbocycles. The smallest absolute Gasteiger partial charge is 0.331 e. The maximum absolute atomic E-state index is 13.6. The fourth-order valence-electron chi connectivity index (χ4n) is 5.54. The fourth-order valence-corrected chi connectivity index (χ4v) is 5.54. The highest BCUT2D eigenvalue weighted by Gasteiger charge is 2.41. The second-order valence-corrected chi connectivity index (χ2v) is 11.8. The molecule has 1 amide bonds. The number of nitrogens with one attached hydrogen (secondary N) is 2. The van der Waals surface area contributed by atoms with Gasteiger partial charge in [-0.1, -0.05) is 6.92 Å². The summed E-state index contributed by atoms with van der Waals surface area (Å²) in [6.45, 7) is 6.03. The molecule has 1 saturated heterocycles. The molecule has 1 aromatic carbocycles. The normalized spacial score (nSPS) is 18.5. The molecule has 0 radical (unpaired) electrons. The highest BCUT2D eigenvalue weighted by Crippen LogP contribution is 2.39. The standard InChI is InChI=1S/C31H41N7O10/c1-4-31(30(41)46-5-2,10-12-45-13-11-32-22-6-8-24(38(42)43)27-26(22)35-48-36-27)34-28(40)23-7-9-25(37-15-21(16-37)44-3)29(33-23)47-18-20-14-19(20)17-39/h6-9,19-21,32,39H,4-5,10-18H2,1-3H3,(H,34,40)/t19-,20-,31?/m1/s1. The van der Waals surface area contributed by atoms with Gasteiger partial charge in [0.1, 0.15) is 16.9 Å². The number of aliphatic hydroxyl groups excluding tert-OH is 1. The zero-order valence-electron chi connectivity index (χ0n) is 27.2. The van der Waals surface area contributed by atoms with Gasteiger partial charge in [0.15, 0.2) is 5.52 Å². The van der Waals surface area contributed by atoms with E-state index in [1.54, 1.807) is 33.1 Å². The van der Waals surface area contributed by atoms with Crippen LogP contribution in [0, 0.1) is 22.0 Å². The third-order valence-corrected chi connectivity index (χ3v) is 8.78. The number of pyridine rings is 1. The number of anilines is 2. The number of aliphatic hydroxyl groups is 1. The van der Waals surface area contributed by atoms with Gasteiger partial charge in [-0.15, -0.1) is 0 Å². The van der Waals surface area contributed by atoms with Gasteiger partial charge in [0, 0.05) is 52.4 Å². The van der Waals surface area contributed by atoms with Crippen molar-refractivity contribution in [1.29, 1.82) is 0 Å². The van der Waals surface area contributed by atoms with Crippen molar-refractivity contribution in [1.82, 2.24) is 20.6 Å². The predicted octanol–water partition coefficient (Wildman–Crippen LogP) is 2.33. The highest BCUT2D eigenvalue weighted by molar-refractivity contribution is 5.97. The minimum absolute atomic E-state index is 0.0326. The van der Waals surface area contributed by atoms with Gasteiger partial charge in [-0.25, -0.2) is 14.4 Å². The van der Waals surface area contributed by atoms with Crippen LogP contribution in [0.15, 0.2) is 28.9 Å². The summed E-state index contributed by atoms with van der Waals surface area (Å²) in [7, 11) is 1.66. The van der Waals surface area contributed by atoms with Crippen molar-refractivity contribution >= 4 is 40.0 Å². The first-order chi connectivity index (χ1) is 23.2. The number of ether oxygens (including phenoxy) is 4. The molecule has 17 heteroatoms. The third-order valence-electron chi connectivity index (χ3n) is 8.78. The molecule has 48 heavy (non-hydrogen) atoms. The quantitative estimate of drug-likeness (QED) is 0.0722. The maximum Gasteiger partial charge on any atom is 0.331 e. The van der Waals surface area contributed by atoms with Crippen molar-refractivity contribution in [3.05, 3.63) is 40.1 Å². The van der Waals surface area contributed by atoms with Gasteiger partial charge in [-0.2, -0.15) is 0 Å². The summed E-state index contributed by atoms with van der Waals surface area (Å²) in [6.07, 6.45) is 1.33. The largest absolute Gasteiger partial charge is 0.476 e. The minimum atomic E-state index is -1.38. The Hall–Kier alpha value is -4.61. The third kappa shape index (κ3) is 7.74. The van der Waals surface area contributed by atoms with Crippen LogP contribution in [0.5, 0.6) is 5.88 Å². The summed E-state index contributed by atoms with van der Waals surface area (Å²) in [5, 5.41) is 34.0. The summed E-state index contributed by atoms with van der Waals surface area (Å²) in [5.41, 5.74) is -0.0386. The lowest BCUT2D eigenvalue weighted by Gasteiger charge is -2.40. The van der Waals surface area contributed by atoms with Crippen molar-refractivity contribution in [2.75, 3.05) is 70.0 Å². The van der Waals surface area contributed by atoms with Crippen LogP contribution in [0.25, 0.3) is 11.0 Å². The zero-order valence-corrected chi connectivity index (χ0v) is 27.2. The number of carbonyl (C=O) groups excluding carboxylic acids is 2. The van der Waals surface area contributed by atoms with Crippen molar-refractivity contribution in [3.63, 3.8) is 0 Å². The SMILES string of the molecule is CCOC(=O)C(CC)(CCOCCNc1ccc([N+](=O)[O-])c2nonc12)NC(=O)c1ccc(N2CC(OC)C2)c(OC[C@H]2C[C@@H]2CO)n1. The number of hydrogen-bond donors (Lipinski definition) is 3. The fraction of sp³-hybridized carbons (Fsp3) is 0.581. The van der Waals surface area contributed by atoms with Crippen molar-refractivity contribution in [2.24, 2.45) is 11.8 Å². The number of methoxy groups -OCH3 is 1. The Labute approximate surface area is 276 Å². The molecule has 3 aromatic rings. The van der Waals surface area contributed by atoms with Crippen LogP contribution >= 0.6 is 0 Å². The second-order valence-electron chi connectivity index (χ2n) is 11.8. The Kier molecular flexibility index (Phi) is 11.2. The molecular formula is C31H41N7O10. The molecule has 0 spiro atoms. The molecule has 2 aliphatic rings. The van der Waals surface area contributed by atoms with E-state index in [0.29, 0.717) is 37.8 Å². The molecular weight excluding hydrogens is 630 g/mol. The van der Waals surface area contributed by atoms with Gasteiger partial charge >= 0.3 is 11.7 Å². The summed E-state index contributed by atoms with van der Waals surface area (Å²) >= 11 is 0. The van der Waals surface area contributed by atoms with E-state index in [9.17, 15) is 24.8 Å². The van der Waals surface area contributed by atoms with Crippen LogP contribution in [0.1, 0.15) is 43.6 Å². The Bertz CT molecular complexity index is 1600. The summed E-state index contributed by atoms with van der Waals surface area (Å²) in [6, 6.07) is 6.20. The van der Waals surface area contributed by atoms with Crippen LogP contribution in [-0.2, 0) is 19.0 Å². The number of aromatic nitrogens is 3. The highest BCUT2D eigenvalue weighted by atomic mass is 16.6. The van der Waals surface area contributed by atoms with Crippen molar-refractivity contribution in [3.8, 4) is 5.88 Å². The van der Waals surface area contributed by atoms with Crippen LogP contribution in [-0.4, -0.2) is 109 Å². The number of nitrogens with zero attached hydrogens (tertiary/aromatic N) is 5. The molecule has 3 heterocycles. The number of carbonyl (C=O) groups is 2. The zero-order chi connectivity index (χ0) is 34.3. The summed E-state index contributed by atoms with van der Waals surface area (Å²) in [4.78, 5) is 44.1. The maximum atomic E-state index is 13.6. The van der Waals surface area contributed by atoms with E-state index in [1.807, 2.05) is 0 Å². The van der Waals surface area contributed by atoms with E-state index in [-0.39, 0.29) is 79.6 Å². The number of rotatable bonds is 19. The van der Waals surface area contributed by atoms with Crippen LogP contribution < -0.4 is 20.3 Å². The van der Waals surface area contributed by atoms with E-state index in [1.165, 1.54) is 12.1 Å². The van der Waals surface area contributed by atoms with Gasteiger partial charge in [-0.3, -0.25) is 14.9 Å². The van der Waals surface area contributed by atoms with Gasteiger partial charge in [0.05, 0.1) is 36.5 Å². The summed E-state index contributed by atoms with van der Waals surface area (Å²) < 4.78 is 27.3. The number of amides is 1. The number of esters is 1. The van der Waals surface area contributed by atoms with E-state index >= 15 is 0 Å². The summed E-state index contributed by atoms with van der Waals surface area (Å²) in [5.74, 6) is -0.409. The predicted molar refractivity (Wildman–Crippen MR) is 171 cm³/mol. The van der Waals surface area contributed by atoms with Gasteiger partial charge in [0.25, 0.3) is 5.91 Å². The number of non-ortho nitro benzene ring substituents is 1. The second kappa shape index (κ2) is 15.5. The number of benzene rings is 1. The molecule has 2 aromatic heterocycles. The molecule has 3 N–H and O–H groups in total. The number of nitro groups is 1. The molecule has 1 saturated carbocycles. The van der Waals surface area contributed by atoms with Crippen LogP contribution in [0.3, 0.4) is 0 Å². The average molecular weight is 672 g/mol. The lowest BCUT2D eigenvalue weighted by atomic mass is 9.92. The van der Waals surface area contributed by atoms with E-state index in [4.69, 9.17) is 18.9 Å². The molecule has 1 unspecified atom stereocenters. The number of fused-ring (bicyclic) bond motifs is 1. The van der Waals surface area contributed by atoms with Crippen LogP contribution in [0.2, 0.25) is 0 Å². The Morgan fingerprint density at radius 3 is 2.62 bits per heavy atom. The van der Waals surface area contributed by atoms with Gasteiger partial charge in [-0.05, 0) is 60.1 Å². The first-order valence-electron chi connectivity index (χ1n) is 16.0. The number of nitro benzene ring substituents is 1. The Morgan fingerprint density at radius 1 is 1.15 bits per heavy atom. The van der Waals surface area contributed by atoms with E-state index in [0.717, 1.165) is 12.1 Å². The van der Waals surface area contributed by atoms with Crippen LogP contribution in [0.4, 0.5) is 17.1 Å². The molecule has 260 valence electrons. The molecule has 5 rings (SSSR count). The Balaban J connectivity index is 1.21. The monoisotopic (exact) mass is 671 g/mol. The molecule has 2 fully saturated rings. The molecule has 17 nitrogen and oxygen atoms in total. The van der Waals surface area contributed by atoms with Crippen molar-refractivity contribution in [2.45, 2.75) is 44.8 Å². The van der Waals surface area contributed by atoms with E-state index < -0.39 is 22.3 Å². The lowest BCUT2D eigenvalue weighted by molar-refractivity contribution is -0.383. The Morgan fingerprint density at radius 2 is 1.94 bits per heavy atom. The average Bonchev–Trinajstić information content (AvgIpc) is 3.66. The number of hydrogen-bond acceptors (Lipinski definition) is 15. The van der Waals surface area contributed by atoms with Gasteiger partial charge in [0.2, 0.25) is 11.4 Å².